The van der Waals surface area contributed by atoms with E-state index >= 15 is 0 Å². The molecule has 1 atom stereocenters. The summed E-state index contributed by atoms with van der Waals surface area (Å²) in [7, 11) is 2.09. The van der Waals surface area contributed by atoms with Gasteiger partial charge in [0.25, 0.3) is 0 Å². The number of nitrogens with one attached hydrogen (secondary N) is 1. The number of rotatable bonds is 6. The zero-order chi connectivity index (χ0) is 14.3. The lowest BCUT2D eigenvalue weighted by molar-refractivity contribution is -0.00317. The van der Waals surface area contributed by atoms with Gasteiger partial charge >= 0.3 is 0 Å². The van der Waals surface area contributed by atoms with E-state index in [0.717, 1.165) is 25.7 Å². The largest absolute Gasteiger partial charge is 0.381 e. The van der Waals surface area contributed by atoms with Gasteiger partial charge in [0.1, 0.15) is 0 Å². The van der Waals surface area contributed by atoms with Gasteiger partial charge in [0.15, 0.2) is 0 Å². The smallest absolute Gasteiger partial charge is 0.0472 e. The van der Waals surface area contributed by atoms with Gasteiger partial charge in [-0.3, -0.25) is 0 Å². The van der Waals surface area contributed by atoms with E-state index in [0.29, 0.717) is 5.41 Å². The summed E-state index contributed by atoms with van der Waals surface area (Å²) in [5.41, 5.74) is 0.456. The van der Waals surface area contributed by atoms with Gasteiger partial charge in [-0.15, -0.1) is 0 Å². The average Bonchev–Trinajstić information content (AvgIpc) is 2.66. The van der Waals surface area contributed by atoms with Gasteiger partial charge in [0.2, 0.25) is 0 Å². The second-order valence-corrected chi connectivity index (χ2v) is 7.00. The van der Waals surface area contributed by atoms with Gasteiger partial charge in [-0.25, -0.2) is 0 Å². The molecule has 2 fully saturated rings. The first-order chi connectivity index (χ1) is 9.78. The van der Waals surface area contributed by atoms with Gasteiger partial charge in [-0.1, -0.05) is 19.8 Å². The van der Waals surface area contributed by atoms with Crippen LogP contribution in [0, 0.1) is 11.3 Å². The van der Waals surface area contributed by atoms with Crippen molar-refractivity contribution in [2.24, 2.45) is 11.3 Å². The van der Waals surface area contributed by atoms with Crippen LogP contribution in [-0.4, -0.2) is 51.3 Å². The molecule has 0 bridgehead atoms. The molecule has 2 heterocycles. The lowest BCUT2D eigenvalue weighted by Gasteiger charge is -2.41. The highest BCUT2D eigenvalue weighted by Gasteiger charge is 2.34. The second kappa shape index (κ2) is 8.35. The summed E-state index contributed by atoms with van der Waals surface area (Å²) in [5, 5.41) is 3.43. The maximum absolute atomic E-state index is 5.59. The summed E-state index contributed by atoms with van der Waals surface area (Å²) in [6.07, 6.45) is 9.50. The predicted molar refractivity (Wildman–Crippen MR) is 85.1 cm³/mol. The molecule has 0 aromatic rings. The fourth-order valence-corrected chi connectivity index (χ4v) is 4.12. The van der Waals surface area contributed by atoms with Crippen molar-refractivity contribution in [2.45, 2.75) is 51.9 Å². The van der Waals surface area contributed by atoms with Crippen molar-refractivity contribution < 1.29 is 4.74 Å². The summed E-state index contributed by atoms with van der Waals surface area (Å²) in [6, 6.07) is 0. The summed E-state index contributed by atoms with van der Waals surface area (Å²) < 4.78 is 5.59. The molecule has 0 radical (unpaired) electrons. The summed E-state index contributed by atoms with van der Waals surface area (Å²) in [6.45, 7) is 9.28. The highest BCUT2D eigenvalue weighted by molar-refractivity contribution is 4.87. The minimum atomic E-state index is 0.456. The van der Waals surface area contributed by atoms with Gasteiger partial charge in [0.05, 0.1) is 0 Å². The maximum atomic E-state index is 5.59. The zero-order valence-electron chi connectivity index (χ0n) is 13.6. The lowest BCUT2D eigenvalue weighted by atomic mass is 9.79. The quantitative estimate of drug-likeness (QED) is 0.811. The number of ether oxygens (including phenoxy) is 1. The van der Waals surface area contributed by atoms with Crippen LogP contribution in [0.1, 0.15) is 51.9 Å². The Hall–Kier alpha value is -0.120. The third-order valence-electron chi connectivity index (χ3n) is 5.30. The molecule has 118 valence electrons. The first-order valence-corrected chi connectivity index (χ1v) is 8.73. The van der Waals surface area contributed by atoms with Crippen molar-refractivity contribution in [3.63, 3.8) is 0 Å². The fourth-order valence-electron chi connectivity index (χ4n) is 4.12. The van der Waals surface area contributed by atoms with E-state index < -0.39 is 0 Å². The number of hydrogen-bond donors (Lipinski definition) is 1. The van der Waals surface area contributed by atoms with Crippen molar-refractivity contribution in [2.75, 3.05) is 46.4 Å². The van der Waals surface area contributed by atoms with Gasteiger partial charge in [-0.2, -0.15) is 0 Å². The van der Waals surface area contributed by atoms with Crippen LogP contribution in [0.25, 0.3) is 0 Å². The van der Waals surface area contributed by atoms with E-state index in [4.69, 9.17) is 4.74 Å². The third-order valence-corrected chi connectivity index (χ3v) is 5.30. The molecule has 2 saturated heterocycles. The molecule has 0 amide bonds. The SMILES string of the molecule is CCCC1CCCN(CC2(CNC)CCOCC2)CC1. The molecule has 2 rings (SSSR count). The van der Waals surface area contributed by atoms with E-state index in [1.807, 2.05) is 0 Å². The van der Waals surface area contributed by atoms with Crippen LogP contribution in [0.4, 0.5) is 0 Å². The molecule has 0 aromatic heterocycles. The standard InChI is InChI=1S/C17H34N2O/c1-3-5-16-6-4-10-19(11-7-16)15-17(14-18-2)8-12-20-13-9-17/h16,18H,3-15H2,1-2H3. The molecule has 0 spiro atoms. The molecule has 0 aliphatic carbocycles. The highest BCUT2D eigenvalue weighted by Crippen LogP contribution is 2.32. The van der Waals surface area contributed by atoms with Gasteiger partial charge in [-0.05, 0) is 63.6 Å². The normalized spacial score (nSPS) is 28.2. The predicted octanol–water partition coefficient (Wildman–Crippen LogP) is 2.90. The number of likely N-dealkylation sites (tertiary alicyclic amines) is 1. The first kappa shape index (κ1) is 16.3. The van der Waals surface area contributed by atoms with Crippen LogP contribution in [0.3, 0.4) is 0 Å². The minimum Gasteiger partial charge on any atom is -0.381 e. The Kier molecular flexibility index (Phi) is 6.79. The Morgan fingerprint density at radius 3 is 2.70 bits per heavy atom. The van der Waals surface area contributed by atoms with E-state index in [2.05, 4.69) is 24.2 Å². The molecule has 1 unspecified atom stereocenters. The average molecular weight is 282 g/mol. The third kappa shape index (κ3) is 4.71. The van der Waals surface area contributed by atoms with Gasteiger partial charge in [0, 0.05) is 26.3 Å². The monoisotopic (exact) mass is 282 g/mol. The van der Waals surface area contributed by atoms with Crippen molar-refractivity contribution in [1.82, 2.24) is 10.2 Å². The molecule has 0 aromatic carbocycles. The van der Waals surface area contributed by atoms with Crippen molar-refractivity contribution in [1.29, 1.82) is 0 Å². The maximum Gasteiger partial charge on any atom is 0.0472 e. The Labute approximate surface area is 125 Å². The Morgan fingerprint density at radius 2 is 2.00 bits per heavy atom. The summed E-state index contributed by atoms with van der Waals surface area (Å²) in [4.78, 5) is 2.75. The van der Waals surface area contributed by atoms with E-state index in [9.17, 15) is 0 Å². The second-order valence-electron chi connectivity index (χ2n) is 7.00. The van der Waals surface area contributed by atoms with E-state index in [-0.39, 0.29) is 0 Å². The number of hydrogen-bond acceptors (Lipinski definition) is 3. The molecule has 3 nitrogen and oxygen atoms in total. The Balaban J connectivity index is 1.86. The van der Waals surface area contributed by atoms with Crippen molar-refractivity contribution >= 4 is 0 Å². The van der Waals surface area contributed by atoms with Crippen LogP contribution in [-0.2, 0) is 4.74 Å². The topological polar surface area (TPSA) is 24.5 Å². The van der Waals surface area contributed by atoms with Crippen LogP contribution in [0.2, 0.25) is 0 Å². The lowest BCUT2D eigenvalue weighted by Crippen LogP contribution is -2.47. The highest BCUT2D eigenvalue weighted by atomic mass is 16.5. The Morgan fingerprint density at radius 1 is 1.20 bits per heavy atom. The summed E-state index contributed by atoms with van der Waals surface area (Å²) in [5.74, 6) is 0.986. The van der Waals surface area contributed by atoms with Gasteiger partial charge < -0.3 is 15.0 Å². The minimum absolute atomic E-state index is 0.456. The fraction of sp³-hybridized carbons (Fsp3) is 1.00. The molecule has 1 N–H and O–H groups in total. The van der Waals surface area contributed by atoms with E-state index in [1.165, 1.54) is 64.6 Å². The molecule has 2 aliphatic rings. The molecule has 2 aliphatic heterocycles. The molecule has 3 heteroatoms. The van der Waals surface area contributed by atoms with Crippen LogP contribution in [0.5, 0.6) is 0 Å². The molecular weight excluding hydrogens is 248 g/mol. The van der Waals surface area contributed by atoms with Crippen LogP contribution < -0.4 is 5.32 Å². The molecule has 20 heavy (non-hydrogen) atoms. The van der Waals surface area contributed by atoms with Crippen LogP contribution >= 0.6 is 0 Å². The van der Waals surface area contributed by atoms with Crippen molar-refractivity contribution in [3.8, 4) is 0 Å². The Bertz CT molecular complexity index is 258. The first-order valence-electron chi connectivity index (χ1n) is 8.73. The molecular formula is C17H34N2O. The van der Waals surface area contributed by atoms with Crippen LogP contribution in [0.15, 0.2) is 0 Å². The summed E-state index contributed by atoms with van der Waals surface area (Å²) >= 11 is 0. The molecule has 0 saturated carbocycles. The van der Waals surface area contributed by atoms with Crippen molar-refractivity contribution in [3.05, 3.63) is 0 Å². The number of nitrogens with zero attached hydrogens (tertiary/aromatic N) is 1. The van der Waals surface area contributed by atoms with E-state index in [1.54, 1.807) is 0 Å². The zero-order valence-corrected chi connectivity index (χ0v) is 13.6.